The van der Waals surface area contributed by atoms with Crippen molar-refractivity contribution in [1.82, 2.24) is 9.80 Å². The molecule has 1 atom stereocenters. The van der Waals surface area contributed by atoms with Gasteiger partial charge in [0.15, 0.2) is 0 Å². The highest BCUT2D eigenvalue weighted by Gasteiger charge is 2.33. The first kappa shape index (κ1) is 18.7. The molecular formula is C20H27FN4O. The SMILES string of the molecule is N#Cc1ccc(CN2CCC(C3CCCCCN3C(N)=O)CC2)c(F)c1. The van der Waals surface area contributed by atoms with Gasteiger partial charge in [0.25, 0.3) is 0 Å². The molecule has 0 radical (unpaired) electrons. The number of benzene rings is 1. The predicted octanol–water partition coefficient (Wildman–Crippen LogP) is 3.23. The number of nitriles is 1. The van der Waals surface area contributed by atoms with E-state index in [1.807, 2.05) is 11.0 Å². The van der Waals surface area contributed by atoms with Crippen molar-refractivity contribution in [2.45, 2.75) is 51.1 Å². The normalized spacial score (nSPS) is 22.6. The van der Waals surface area contributed by atoms with Gasteiger partial charge in [0, 0.05) is 24.7 Å². The van der Waals surface area contributed by atoms with Gasteiger partial charge in [-0.05, 0) is 56.8 Å². The zero-order valence-corrected chi connectivity index (χ0v) is 15.2. The third-order valence-corrected chi connectivity index (χ3v) is 5.83. The van der Waals surface area contributed by atoms with Crippen molar-refractivity contribution in [2.75, 3.05) is 19.6 Å². The minimum Gasteiger partial charge on any atom is -0.351 e. The van der Waals surface area contributed by atoms with Crippen LogP contribution in [0.1, 0.15) is 49.7 Å². The highest BCUT2D eigenvalue weighted by Crippen LogP contribution is 2.30. The number of carbonyl (C=O) groups is 1. The van der Waals surface area contributed by atoms with Crippen molar-refractivity contribution in [3.8, 4) is 6.07 Å². The molecular weight excluding hydrogens is 331 g/mol. The second-order valence-electron chi connectivity index (χ2n) is 7.48. The number of urea groups is 1. The third kappa shape index (κ3) is 4.34. The Hall–Kier alpha value is -2.13. The summed E-state index contributed by atoms with van der Waals surface area (Å²) in [7, 11) is 0. The Morgan fingerprint density at radius 1 is 1.19 bits per heavy atom. The molecule has 0 bridgehead atoms. The quantitative estimate of drug-likeness (QED) is 0.901. The van der Waals surface area contributed by atoms with E-state index >= 15 is 0 Å². The molecule has 1 aromatic rings. The van der Waals surface area contributed by atoms with Gasteiger partial charge in [0.05, 0.1) is 11.6 Å². The summed E-state index contributed by atoms with van der Waals surface area (Å²) in [6.45, 7) is 3.13. The lowest BCUT2D eigenvalue weighted by Gasteiger charge is -2.40. The van der Waals surface area contributed by atoms with Crippen LogP contribution in [0.2, 0.25) is 0 Å². The lowest BCUT2D eigenvalue weighted by molar-refractivity contribution is 0.101. The fourth-order valence-electron chi connectivity index (χ4n) is 4.38. The Labute approximate surface area is 154 Å². The maximum Gasteiger partial charge on any atom is 0.315 e. The van der Waals surface area contributed by atoms with Gasteiger partial charge in [-0.3, -0.25) is 4.90 Å². The minimum atomic E-state index is -0.310. The molecule has 3 rings (SSSR count). The molecule has 2 amide bonds. The van der Waals surface area contributed by atoms with Crippen LogP contribution in [0.3, 0.4) is 0 Å². The highest BCUT2D eigenvalue weighted by atomic mass is 19.1. The summed E-state index contributed by atoms with van der Waals surface area (Å²) in [5.41, 5.74) is 6.60. The van der Waals surface area contributed by atoms with Crippen molar-refractivity contribution in [2.24, 2.45) is 11.7 Å². The molecule has 6 heteroatoms. The van der Waals surface area contributed by atoms with E-state index in [1.54, 1.807) is 12.1 Å². The number of hydrogen-bond acceptors (Lipinski definition) is 3. The number of rotatable bonds is 3. The van der Waals surface area contributed by atoms with Gasteiger partial charge in [-0.1, -0.05) is 18.9 Å². The van der Waals surface area contributed by atoms with Crippen LogP contribution in [0.15, 0.2) is 18.2 Å². The van der Waals surface area contributed by atoms with Crippen LogP contribution in [0.25, 0.3) is 0 Å². The number of amides is 2. The fourth-order valence-corrected chi connectivity index (χ4v) is 4.38. The molecule has 26 heavy (non-hydrogen) atoms. The molecule has 2 fully saturated rings. The van der Waals surface area contributed by atoms with Crippen molar-refractivity contribution >= 4 is 6.03 Å². The van der Waals surface area contributed by atoms with Gasteiger partial charge in [0.1, 0.15) is 5.82 Å². The molecule has 2 aliphatic rings. The number of carbonyl (C=O) groups excluding carboxylic acids is 1. The number of nitrogens with two attached hydrogens (primary N) is 1. The molecule has 2 heterocycles. The molecule has 2 N–H and O–H groups in total. The molecule has 0 aromatic heterocycles. The Balaban J connectivity index is 1.58. The number of likely N-dealkylation sites (tertiary alicyclic amines) is 2. The number of nitrogens with zero attached hydrogens (tertiary/aromatic N) is 3. The molecule has 0 spiro atoms. The van der Waals surface area contributed by atoms with E-state index in [0.717, 1.165) is 58.2 Å². The summed E-state index contributed by atoms with van der Waals surface area (Å²) in [5.74, 6) is 0.164. The first-order valence-electron chi connectivity index (χ1n) is 9.55. The van der Waals surface area contributed by atoms with Crippen LogP contribution in [-0.2, 0) is 6.54 Å². The van der Waals surface area contributed by atoms with Crippen molar-refractivity contribution in [3.63, 3.8) is 0 Å². The number of hydrogen-bond donors (Lipinski definition) is 1. The van der Waals surface area contributed by atoms with E-state index in [9.17, 15) is 9.18 Å². The Kier molecular flexibility index (Phi) is 6.10. The van der Waals surface area contributed by atoms with E-state index in [-0.39, 0.29) is 17.9 Å². The first-order chi connectivity index (χ1) is 12.6. The van der Waals surface area contributed by atoms with Gasteiger partial charge >= 0.3 is 6.03 Å². The zero-order valence-electron chi connectivity index (χ0n) is 15.2. The molecule has 5 nitrogen and oxygen atoms in total. The van der Waals surface area contributed by atoms with Crippen LogP contribution in [-0.4, -0.2) is 41.5 Å². The summed E-state index contributed by atoms with van der Waals surface area (Å²) >= 11 is 0. The summed E-state index contributed by atoms with van der Waals surface area (Å²) in [4.78, 5) is 16.0. The van der Waals surface area contributed by atoms with Gasteiger partial charge in [0.2, 0.25) is 0 Å². The van der Waals surface area contributed by atoms with E-state index in [1.165, 1.54) is 6.07 Å². The smallest absolute Gasteiger partial charge is 0.315 e. The Morgan fingerprint density at radius 3 is 2.62 bits per heavy atom. The van der Waals surface area contributed by atoms with E-state index in [0.29, 0.717) is 23.6 Å². The third-order valence-electron chi connectivity index (χ3n) is 5.83. The average molecular weight is 358 g/mol. The van der Waals surface area contributed by atoms with Crippen LogP contribution in [0.5, 0.6) is 0 Å². The monoisotopic (exact) mass is 358 g/mol. The van der Waals surface area contributed by atoms with E-state index < -0.39 is 0 Å². The van der Waals surface area contributed by atoms with Crippen molar-refractivity contribution in [1.29, 1.82) is 5.26 Å². The molecule has 2 aliphatic heterocycles. The second kappa shape index (κ2) is 8.50. The van der Waals surface area contributed by atoms with Crippen molar-refractivity contribution < 1.29 is 9.18 Å². The molecule has 0 aliphatic carbocycles. The zero-order chi connectivity index (χ0) is 18.5. The predicted molar refractivity (Wildman–Crippen MR) is 97.7 cm³/mol. The lowest BCUT2D eigenvalue weighted by atomic mass is 9.86. The van der Waals surface area contributed by atoms with Crippen LogP contribution in [0, 0.1) is 23.1 Å². The van der Waals surface area contributed by atoms with Gasteiger partial charge in [-0.25, -0.2) is 9.18 Å². The number of piperidine rings is 1. The molecule has 140 valence electrons. The largest absolute Gasteiger partial charge is 0.351 e. The Bertz CT molecular complexity index is 679. The summed E-state index contributed by atoms with van der Waals surface area (Å²) < 4.78 is 14.1. The average Bonchev–Trinajstić information content (AvgIpc) is 2.90. The van der Waals surface area contributed by atoms with E-state index in [2.05, 4.69) is 4.90 Å². The molecule has 1 unspecified atom stereocenters. The molecule has 2 saturated heterocycles. The summed E-state index contributed by atoms with van der Waals surface area (Å²) in [6.07, 6.45) is 6.41. The fraction of sp³-hybridized carbons (Fsp3) is 0.600. The Morgan fingerprint density at radius 2 is 1.96 bits per heavy atom. The molecule has 1 aromatic carbocycles. The second-order valence-corrected chi connectivity index (χ2v) is 7.48. The van der Waals surface area contributed by atoms with Crippen LogP contribution in [0.4, 0.5) is 9.18 Å². The van der Waals surface area contributed by atoms with E-state index in [4.69, 9.17) is 11.0 Å². The molecule has 0 saturated carbocycles. The van der Waals surface area contributed by atoms with Crippen molar-refractivity contribution in [3.05, 3.63) is 35.1 Å². The maximum absolute atomic E-state index is 14.1. The standard InChI is InChI=1S/C20H27FN4O/c21-18-12-15(13-22)5-6-17(18)14-24-10-7-16(8-11-24)19-4-2-1-3-9-25(19)20(23)26/h5-6,12,16,19H,1-4,7-11,14H2,(H2,23,26). The maximum atomic E-state index is 14.1. The number of halogens is 1. The first-order valence-corrected chi connectivity index (χ1v) is 9.55. The lowest BCUT2D eigenvalue weighted by Crippen LogP contribution is -2.49. The minimum absolute atomic E-state index is 0.254. The highest BCUT2D eigenvalue weighted by molar-refractivity contribution is 5.72. The van der Waals surface area contributed by atoms with Crippen LogP contribution < -0.4 is 5.73 Å². The topological polar surface area (TPSA) is 73.4 Å². The summed E-state index contributed by atoms with van der Waals surface area (Å²) in [5, 5.41) is 8.84. The number of primary amides is 1. The van der Waals surface area contributed by atoms with Gasteiger partial charge in [-0.15, -0.1) is 0 Å². The van der Waals surface area contributed by atoms with Gasteiger partial charge in [-0.2, -0.15) is 5.26 Å². The van der Waals surface area contributed by atoms with Crippen LogP contribution >= 0.6 is 0 Å². The summed E-state index contributed by atoms with van der Waals surface area (Å²) in [6, 6.07) is 6.60. The van der Waals surface area contributed by atoms with Gasteiger partial charge < -0.3 is 10.6 Å².